The molecule has 2 rings (SSSR count). The van der Waals surface area contributed by atoms with Crippen molar-refractivity contribution < 1.29 is 9.53 Å². The third kappa shape index (κ3) is 4.50. The first-order chi connectivity index (χ1) is 10.5. The van der Waals surface area contributed by atoms with Gasteiger partial charge in [-0.2, -0.15) is 0 Å². The molecule has 2 aromatic carbocycles. The van der Waals surface area contributed by atoms with E-state index in [1.165, 1.54) is 0 Å². The molecule has 2 aromatic rings. The zero-order chi connectivity index (χ0) is 16.1. The number of ether oxygens (including phenoxy) is 1. The van der Waals surface area contributed by atoms with Crippen LogP contribution in [0.5, 0.6) is 5.75 Å². The summed E-state index contributed by atoms with van der Waals surface area (Å²) in [5, 5.41) is 3.34. The zero-order valence-electron chi connectivity index (χ0n) is 13.0. The Hall–Kier alpha value is -2.00. The lowest BCUT2D eigenvalue weighted by Gasteiger charge is -2.11. The fourth-order valence-electron chi connectivity index (χ4n) is 2.08. The smallest absolute Gasteiger partial charge is 0.253 e. The van der Waals surface area contributed by atoms with Gasteiger partial charge in [0.05, 0.1) is 16.7 Å². The van der Waals surface area contributed by atoms with Gasteiger partial charge >= 0.3 is 0 Å². The van der Waals surface area contributed by atoms with Gasteiger partial charge in [-0.05, 0) is 56.2 Å². The summed E-state index contributed by atoms with van der Waals surface area (Å²) < 4.78 is 5.64. The molecule has 0 aliphatic heterocycles. The predicted octanol–water partition coefficient (Wildman–Crippen LogP) is 4.37. The highest BCUT2D eigenvalue weighted by molar-refractivity contribution is 6.33. The van der Waals surface area contributed by atoms with Gasteiger partial charge in [0.25, 0.3) is 5.91 Å². The second-order valence-corrected chi connectivity index (χ2v) is 5.89. The maximum atomic E-state index is 12.2. The van der Waals surface area contributed by atoms with E-state index in [1.54, 1.807) is 12.1 Å². The number of nitrogens with one attached hydrogen (secondary N) is 1. The first-order valence-electron chi connectivity index (χ1n) is 7.25. The number of hydrogen-bond acceptors (Lipinski definition) is 2. The van der Waals surface area contributed by atoms with Crippen molar-refractivity contribution in [2.45, 2.75) is 33.4 Å². The average molecular weight is 318 g/mol. The third-order valence-corrected chi connectivity index (χ3v) is 3.41. The van der Waals surface area contributed by atoms with E-state index in [-0.39, 0.29) is 12.0 Å². The van der Waals surface area contributed by atoms with Crippen molar-refractivity contribution in [2.24, 2.45) is 0 Å². The summed E-state index contributed by atoms with van der Waals surface area (Å²) in [4.78, 5) is 12.2. The van der Waals surface area contributed by atoms with Crippen LogP contribution in [-0.2, 0) is 6.54 Å². The van der Waals surface area contributed by atoms with Gasteiger partial charge in [-0.25, -0.2) is 0 Å². The molecule has 1 N–H and O–H groups in total. The normalized spacial score (nSPS) is 10.6. The van der Waals surface area contributed by atoms with E-state index in [9.17, 15) is 4.79 Å². The number of halogens is 1. The van der Waals surface area contributed by atoms with Gasteiger partial charge in [0, 0.05) is 6.54 Å². The quantitative estimate of drug-likeness (QED) is 0.889. The Bertz CT molecular complexity index is 668. The Morgan fingerprint density at radius 1 is 1.23 bits per heavy atom. The number of aryl methyl sites for hydroxylation is 1. The van der Waals surface area contributed by atoms with Crippen molar-refractivity contribution in [1.29, 1.82) is 0 Å². The first-order valence-corrected chi connectivity index (χ1v) is 7.63. The van der Waals surface area contributed by atoms with E-state index >= 15 is 0 Å². The van der Waals surface area contributed by atoms with Crippen LogP contribution in [0, 0.1) is 6.92 Å². The van der Waals surface area contributed by atoms with Gasteiger partial charge in [0.1, 0.15) is 5.75 Å². The molecule has 0 aromatic heterocycles. The molecule has 0 unspecified atom stereocenters. The van der Waals surface area contributed by atoms with E-state index < -0.39 is 0 Å². The minimum atomic E-state index is -0.180. The van der Waals surface area contributed by atoms with Gasteiger partial charge in [-0.15, -0.1) is 0 Å². The lowest BCUT2D eigenvalue weighted by atomic mass is 10.1. The highest BCUT2D eigenvalue weighted by atomic mass is 35.5. The SMILES string of the molecule is Cc1ccc(C(=O)NCc2cccc(OC(C)C)c2)c(Cl)c1. The Morgan fingerprint density at radius 2 is 2.00 bits per heavy atom. The summed E-state index contributed by atoms with van der Waals surface area (Å²) in [5.41, 5.74) is 2.50. The fourth-order valence-corrected chi connectivity index (χ4v) is 2.40. The summed E-state index contributed by atoms with van der Waals surface area (Å²) in [5.74, 6) is 0.621. The molecule has 0 saturated heterocycles. The Morgan fingerprint density at radius 3 is 2.68 bits per heavy atom. The van der Waals surface area contributed by atoms with Crippen LogP contribution in [0.3, 0.4) is 0 Å². The molecule has 0 aliphatic rings. The van der Waals surface area contributed by atoms with Gasteiger partial charge in [0.15, 0.2) is 0 Å². The summed E-state index contributed by atoms with van der Waals surface area (Å²) in [7, 11) is 0. The van der Waals surface area contributed by atoms with Crippen molar-refractivity contribution in [2.75, 3.05) is 0 Å². The summed E-state index contributed by atoms with van der Waals surface area (Å²) >= 11 is 6.11. The topological polar surface area (TPSA) is 38.3 Å². The van der Waals surface area contributed by atoms with Crippen LogP contribution in [0.2, 0.25) is 5.02 Å². The molecular weight excluding hydrogens is 298 g/mol. The molecule has 0 radical (unpaired) electrons. The van der Waals surface area contributed by atoms with E-state index in [0.29, 0.717) is 17.1 Å². The highest BCUT2D eigenvalue weighted by Gasteiger charge is 2.10. The molecule has 0 bridgehead atoms. The number of rotatable bonds is 5. The molecule has 0 fully saturated rings. The van der Waals surface area contributed by atoms with Crippen LogP contribution in [-0.4, -0.2) is 12.0 Å². The molecule has 0 spiro atoms. The Balaban J connectivity index is 2.02. The summed E-state index contributed by atoms with van der Waals surface area (Å²) in [6.07, 6.45) is 0.121. The van der Waals surface area contributed by atoms with Gasteiger partial charge < -0.3 is 10.1 Å². The van der Waals surface area contributed by atoms with E-state index in [1.807, 2.05) is 51.1 Å². The maximum Gasteiger partial charge on any atom is 0.253 e. The number of amides is 1. The van der Waals surface area contributed by atoms with Gasteiger partial charge in [0.2, 0.25) is 0 Å². The minimum absolute atomic E-state index is 0.121. The van der Waals surface area contributed by atoms with Crippen LogP contribution in [0.1, 0.15) is 35.3 Å². The zero-order valence-corrected chi connectivity index (χ0v) is 13.8. The molecule has 0 heterocycles. The number of carbonyl (C=O) groups excluding carboxylic acids is 1. The van der Waals surface area contributed by atoms with Gasteiger partial charge in [-0.3, -0.25) is 4.79 Å². The van der Waals surface area contributed by atoms with E-state index in [0.717, 1.165) is 16.9 Å². The molecule has 4 heteroatoms. The molecule has 0 aliphatic carbocycles. The van der Waals surface area contributed by atoms with Crippen LogP contribution >= 0.6 is 11.6 Å². The van der Waals surface area contributed by atoms with Crippen LogP contribution in [0.15, 0.2) is 42.5 Å². The van der Waals surface area contributed by atoms with Gasteiger partial charge in [-0.1, -0.05) is 29.8 Å². The third-order valence-electron chi connectivity index (χ3n) is 3.09. The lowest BCUT2D eigenvalue weighted by Crippen LogP contribution is -2.23. The first kappa shape index (κ1) is 16.4. The van der Waals surface area contributed by atoms with E-state index in [4.69, 9.17) is 16.3 Å². The van der Waals surface area contributed by atoms with Crippen LogP contribution < -0.4 is 10.1 Å². The molecule has 1 amide bonds. The summed E-state index contributed by atoms with van der Waals surface area (Å²) in [6, 6.07) is 13.1. The van der Waals surface area contributed by atoms with Crippen LogP contribution in [0.25, 0.3) is 0 Å². The minimum Gasteiger partial charge on any atom is -0.491 e. The molecule has 0 atom stereocenters. The number of benzene rings is 2. The Labute approximate surface area is 136 Å². The largest absolute Gasteiger partial charge is 0.491 e. The number of carbonyl (C=O) groups is 1. The predicted molar refractivity (Wildman–Crippen MR) is 89.6 cm³/mol. The maximum absolute atomic E-state index is 12.2. The molecule has 3 nitrogen and oxygen atoms in total. The second-order valence-electron chi connectivity index (χ2n) is 5.48. The molecule has 22 heavy (non-hydrogen) atoms. The molecular formula is C18H20ClNO2. The Kier molecular flexibility index (Phi) is 5.45. The van der Waals surface area contributed by atoms with Crippen molar-refractivity contribution in [3.63, 3.8) is 0 Å². The van der Waals surface area contributed by atoms with Crippen molar-refractivity contribution >= 4 is 17.5 Å². The number of hydrogen-bond donors (Lipinski definition) is 1. The average Bonchev–Trinajstić information content (AvgIpc) is 2.44. The van der Waals surface area contributed by atoms with E-state index in [2.05, 4.69) is 5.32 Å². The highest BCUT2D eigenvalue weighted by Crippen LogP contribution is 2.18. The standard InChI is InChI=1S/C18H20ClNO2/c1-12(2)22-15-6-4-5-14(10-15)11-20-18(21)16-8-7-13(3)9-17(16)19/h4-10,12H,11H2,1-3H3,(H,20,21). The monoisotopic (exact) mass is 317 g/mol. The lowest BCUT2D eigenvalue weighted by molar-refractivity contribution is 0.0951. The molecule has 116 valence electrons. The second kappa shape index (κ2) is 7.32. The van der Waals surface area contributed by atoms with Crippen LogP contribution in [0.4, 0.5) is 0 Å². The van der Waals surface area contributed by atoms with Crippen molar-refractivity contribution in [3.8, 4) is 5.75 Å². The fraction of sp³-hybridized carbons (Fsp3) is 0.278. The molecule has 0 saturated carbocycles. The van der Waals surface area contributed by atoms with Crippen molar-refractivity contribution in [3.05, 3.63) is 64.2 Å². The van der Waals surface area contributed by atoms with Crippen molar-refractivity contribution in [1.82, 2.24) is 5.32 Å². The summed E-state index contributed by atoms with van der Waals surface area (Å²) in [6.45, 7) is 6.33.